The second kappa shape index (κ2) is 7.22. The first-order valence-electron chi connectivity index (χ1n) is 8.01. The summed E-state index contributed by atoms with van der Waals surface area (Å²) in [6.45, 7) is 3.50. The summed E-state index contributed by atoms with van der Waals surface area (Å²) in [7, 11) is 2.51. The van der Waals surface area contributed by atoms with Crippen molar-refractivity contribution >= 4 is 5.57 Å². The minimum Gasteiger partial charge on any atom is -0.496 e. The maximum atomic E-state index is 13.4. The summed E-state index contributed by atoms with van der Waals surface area (Å²) in [5, 5.41) is 9.90. The predicted molar refractivity (Wildman–Crippen MR) is 90.0 cm³/mol. The number of aliphatic hydroxyl groups excluding tert-OH is 1. The fraction of sp³-hybridized carbons (Fsp3) is 0.474. The molecule has 0 saturated heterocycles. The summed E-state index contributed by atoms with van der Waals surface area (Å²) in [6, 6.07) is 7.51. The van der Waals surface area contributed by atoms with Crippen LogP contribution < -0.4 is 0 Å². The van der Waals surface area contributed by atoms with Gasteiger partial charge in [-0.2, -0.15) is 13.2 Å². The average molecular weight is 356 g/mol. The molecule has 0 saturated carbocycles. The third kappa shape index (κ3) is 3.75. The van der Waals surface area contributed by atoms with E-state index in [9.17, 15) is 18.3 Å². The molecule has 6 heteroatoms. The molecule has 1 aromatic carbocycles. The van der Waals surface area contributed by atoms with Crippen molar-refractivity contribution in [2.45, 2.75) is 38.0 Å². The van der Waals surface area contributed by atoms with Gasteiger partial charge in [0.25, 0.3) is 0 Å². The Hall–Kier alpha value is -1.79. The van der Waals surface area contributed by atoms with Crippen LogP contribution in [0, 0.1) is 0 Å². The molecule has 1 aliphatic rings. The van der Waals surface area contributed by atoms with E-state index in [0.29, 0.717) is 11.1 Å². The Morgan fingerprint density at radius 3 is 2.40 bits per heavy atom. The number of methoxy groups -OCH3 is 2. The molecule has 0 aliphatic heterocycles. The monoisotopic (exact) mass is 356 g/mol. The lowest BCUT2D eigenvalue weighted by Crippen LogP contribution is -2.42. The number of ether oxygens (including phenoxy) is 2. The number of halogens is 3. The van der Waals surface area contributed by atoms with E-state index in [1.807, 2.05) is 32.0 Å². The first-order valence-corrected chi connectivity index (χ1v) is 8.01. The lowest BCUT2D eigenvalue weighted by Gasteiger charge is -2.38. The van der Waals surface area contributed by atoms with Crippen LogP contribution in [0.3, 0.4) is 0 Å². The van der Waals surface area contributed by atoms with Crippen LogP contribution in [0.2, 0.25) is 0 Å². The van der Waals surface area contributed by atoms with Gasteiger partial charge in [0.1, 0.15) is 11.4 Å². The van der Waals surface area contributed by atoms with Crippen molar-refractivity contribution in [1.29, 1.82) is 0 Å². The van der Waals surface area contributed by atoms with E-state index in [-0.39, 0.29) is 11.7 Å². The fourth-order valence-corrected chi connectivity index (χ4v) is 3.04. The van der Waals surface area contributed by atoms with Crippen molar-refractivity contribution in [2.75, 3.05) is 20.8 Å². The Kier molecular flexibility index (Phi) is 5.64. The van der Waals surface area contributed by atoms with Crippen molar-refractivity contribution in [1.82, 2.24) is 0 Å². The molecule has 25 heavy (non-hydrogen) atoms. The Labute approximate surface area is 145 Å². The Morgan fingerprint density at radius 2 is 1.92 bits per heavy atom. The molecule has 0 heterocycles. The van der Waals surface area contributed by atoms with E-state index >= 15 is 0 Å². The predicted octanol–water partition coefficient (Wildman–Crippen LogP) is 4.44. The first-order chi connectivity index (χ1) is 11.7. The first kappa shape index (κ1) is 19.5. The molecule has 1 N–H and O–H groups in total. The molecular weight excluding hydrogens is 333 g/mol. The summed E-state index contributed by atoms with van der Waals surface area (Å²) >= 11 is 0. The van der Waals surface area contributed by atoms with Gasteiger partial charge in [0, 0.05) is 13.5 Å². The van der Waals surface area contributed by atoms with Crippen LogP contribution in [0.15, 0.2) is 41.7 Å². The van der Waals surface area contributed by atoms with Gasteiger partial charge in [-0.05, 0) is 28.7 Å². The van der Waals surface area contributed by atoms with Crippen LogP contribution in [0.1, 0.15) is 37.3 Å². The smallest absolute Gasteiger partial charge is 0.416 e. The van der Waals surface area contributed by atoms with E-state index in [4.69, 9.17) is 9.47 Å². The minimum atomic E-state index is -4.56. The summed E-state index contributed by atoms with van der Waals surface area (Å²) in [4.78, 5) is 0. The highest BCUT2D eigenvalue weighted by Gasteiger charge is 2.48. The maximum absolute atomic E-state index is 13.4. The highest BCUT2D eigenvalue weighted by atomic mass is 19.4. The molecule has 0 aromatic heterocycles. The highest BCUT2D eigenvalue weighted by molar-refractivity contribution is 5.77. The third-order valence-corrected chi connectivity index (χ3v) is 4.60. The molecule has 0 radical (unpaired) electrons. The topological polar surface area (TPSA) is 38.7 Å². The zero-order valence-electron chi connectivity index (χ0n) is 14.8. The second-order valence-electron chi connectivity index (χ2n) is 6.42. The van der Waals surface area contributed by atoms with Crippen molar-refractivity contribution in [3.8, 4) is 0 Å². The third-order valence-electron chi connectivity index (χ3n) is 4.60. The van der Waals surface area contributed by atoms with Crippen LogP contribution in [0.5, 0.6) is 0 Å². The molecule has 2 rings (SSSR count). The molecule has 0 fully saturated rings. The van der Waals surface area contributed by atoms with Gasteiger partial charge in [-0.1, -0.05) is 38.1 Å². The van der Waals surface area contributed by atoms with E-state index in [1.165, 1.54) is 20.3 Å². The van der Waals surface area contributed by atoms with E-state index in [1.54, 1.807) is 6.07 Å². The van der Waals surface area contributed by atoms with Gasteiger partial charge in [-0.25, -0.2) is 0 Å². The molecule has 0 spiro atoms. The van der Waals surface area contributed by atoms with Gasteiger partial charge in [0.05, 0.1) is 19.3 Å². The largest absolute Gasteiger partial charge is 0.496 e. The van der Waals surface area contributed by atoms with Gasteiger partial charge in [0.2, 0.25) is 0 Å². The number of alkyl halides is 3. The zero-order chi connectivity index (χ0) is 18.8. The zero-order valence-corrected chi connectivity index (χ0v) is 14.8. The Balaban J connectivity index is 2.68. The molecule has 1 aliphatic carbocycles. The SMILES string of the molecule is COC1=C(C(F)(F)F)CC(CO)(OC)C(c2cccc(C(C)C)c2)=C1. The van der Waals surface area contributed by atoms with Crippen molar-refractivity contribution < 1.29 is 27.8 Å². The van der Waals surface area contributed by atoms with Gasteiger partial charge < -0.3 is 14.6 Å². The number of allylic oxidation sites excluding steroid dienone is 1. The quantitative estimate of drug-likeness (QED) is 0.848. The summed E-state index contributed by atoms with van der Waals surface area (Å²) in [5.74, 6) is 0.0111. The summed E-state index contributed by atoms with van der Waals surface area (Å²) < 4.78 is 50.6. The number of rotatable bonds is 5. The van der Waals surface area contributed by atoms with Crippen LogP contribution in [-0.2, 0) is 9.47 Å². The standard InChI is InChI=1S/C19H23F3O3/c1-12(2)13-6-5-7-14(8-13)15-9-17(24-3)16(19(20,21)22)10-18(15,11-23)25-4/h5-9,12,23H,10-11H2,1-4H3. The van der Waals surface area contributed by atoms with Crippen molar-refractivity contribution in [3.05, 3.63) is 52.8 Å². The van der Waals surface area contributed by atoms with Crippen molar-refractivity contribution in [3.63, 3.8) is 0 Å². The molecule has 3 nitrogen and oxygen atoms in total. The Bertz CT molecular complexity index is 683. The summed E-state index contributed by atoms with van der Waals surface area (Å²) in [5.41, 5.74) is -0.0778. The molecule has 0 amide bonds. The number of aliphatic hydroxyl groups is 1. The summed E-state index contributed by atoms with van der Waals surface area (Å²) in [6.07, 6.45) is -3.75. The normalized spacial score (nSPS) is 21.6. The van der Waals surface area contributed by atoms with Crippen molar-refractivity contribution in [2.24, 2.45) is 0 Å². The molecule has 1 atom stereocenters. The second-order valence-corrected chi connectivity index (χ2v) is 6.42. The van der Waals surface area contributed by atoms with Gasteiger partial charge in [-0.15, -0.1) is 0 Å². The maximum Gasteiger partial charge on any atom is 0.416 e. The lowest BCUT2D eigenvalue weighted by atomic mass is 9.78. The van der Waals surface area contributed by atoms with Gasteiger partial charge in [-0.3, -0.25) is 0 Å². The molecule has 1 unspecified atom stereocenters. The molecule has 138 valence electrons. The highest BCUT2D eigenvalue weighted by Crippen LogP contribution is 2.46. The van der Waals surface area contributed by atoms with Crippen LogP contribution >= 0.6 is 0 Å². The van der Waals surface area contributed by atoms with E-state index < -0.39 is 30.4 Å². The number of hydrogen-bond acceptors (Lipinski definition) is 3. The van der Waals surface area contributed by atoms with E-state index in [2.05, 4.69) is 0 Å². The van der Waals surface area contributed by atoms with Crippen LogP contribution in [-0.4, -0.2) is 37.7 Å². The lowest BCUT2D eigenvalue weighted by molar-refractivity contribution is -0.108. The van der Waals surface area contributed by atoms with Gasteiger partial charge in [0.15, 0.2) is 0 Å². The van der Waals surface area contributed by atoms with Crippen LogP contribution in [0.4, 0.5) is 13.2 Å². The molecule has 1 aromatic rings. The van der Waals surface area contributed by atoms with Crippen LogP contribution in [0.25, 0.3) is 5.57 Å². The minimum absolute atomic E-state index is 0.251. The number of benzene rings is 1. The number of hydrogen-bond donors (Lipinski definition) is 1. The molecular formula is C19H23F3O3. The average Bonchev–Trinajstić information content (AvgIpc) is 2.59. The van der Waals surface area contributed by atoms with Gasteiger partial charge >= 0.3 is 6.18 Å². The fourth-order valence-electron chi connectivity index (χ4n) is 3.04. The van der Waals surface area contributed by atoms with E-state index in [0.717, 1.165) is 5.56 Å². The Morgan fingerprint density at radius 1 is 1.24 bits per heavy atom. The molecule has 0 bridgehead atoms.